The maximum absolute atomic E-state index is 8.91. The normalized spacial score (nSPS) is 10.0. The van der Waals surface area contributed by atoms with Gasteiger partial charge in [0, 0.05) is 10.7 Å². The molecule has 0 spiro atoms. The third-order valence-corrected chi connectivity index (χ3v) is 3.21. The van der Waals surface area contributed by atoms with Crippen molar-refractivity contribution in [1.29, 1.82) is 5.26 Å². The largest absolute Gasteiger partial charge is 0.487 e. The summed E-state index contributed by atoms with van der Waals surface area (Å²) in [7, 11) is 0. The summed E-state index contributed by atoms with van der Waals surface area (Å²) in [6.07, 6.45) is 1.75. The van der Waals surface area contributed by atoms with Crippen molar-refractivity contribution < 1.29 is 4.74 Å². The van der Waals surface area contributed by atoms with Crippen LogP contribution in [0.4, 0.5) is 0 Å². The van der Waals surface area contributed by atoms with Crippen molar-refractivity contribution >= 4 is 15.9 Å². The Morgan fingerprint density at radius 1 is 1.26 bits per heavy atom. The Labute approximate surface area is 121 Å². The first kappa shape index (κ1) is 13.6. The second-order valence-electron chi connectivity index (χ2n) is 4.31. The van der Waals surface area contributed by atoms with Crippen molar-refractivity contribution in [1.82, 2.24) is 4.98 Å². The first-order valence-corrected chi connectivity index (χ1v) is 6.64. The van der Waals surface area contributed by atoms with E-state index in [2.05, 4.69) is 27.0 Å². The minimum Gasteiger partial charge on any atom is -0.487 e. The second kappa shape index (κ2) is 5.85. The van der Waals surface area contributed by atoms with Crippen molar-refractivity contribution in [3.63, 3.8) is 0 Å². The maximum atomic E-state index is 8.91. The van der Waals surface area contributed by atoms with Crippen LogP contribution in [0.15, 0.2) is 34.9 Å². The molecule has 0 atom stereocenters. The maximum Gasteiger partial charge on any atom is 0.130 e. The SMILES string of the molecule is Cc1cc(C#N)cc(C)c1OCc1ccc(Br)cn1. The molecule has 96 valence electrons. The number of hydrogen-bond donors (Lipinski definition) is 0. The van der Waals surface area contributed by atoms with Crippen LogP contribution in [-0.4, -0.2) is 4.98 Å². The highest BCUT2D eigenvalue weighted by Gasteiger charge is 2.07. The van der Waals surface area contributed by atoms with Crippen LogP contribution in [0.1, 0.15) is 22.4 Å². The standard InChI is InChI=1S/C15H13BrN2O/c1-10-5-12(7-17)6-11(2)15(10)19-9-14-4-3-13(16)8-18-14/h3-6,8H,9H2,1-2H3. The fraction of sp³-hybridized carbons (Fsp3) is 0.200. The van der Waals surface area contributed by atoms with Gasteiger partial charge in [0.1, 0.15) is 12.4 Å². The zero-order valence-corrected chi connectivity index (χ0v) is 12.4. The number of hydrogen-bond acceptors (Lipinski definition) is 3. The smallest absolute Gasteiger partial charge is 0.130 e. The lowest BCUT2D eigenvalue weighted by Crippen LogP contribution is -2.01. The van der Waals surface area contributed by atoms with Gasteiger partial charge in [-0.25, -0.2) is 0 Å². The number of pyridine rings is 1. The molecule has 0 aliphatic heterocycles. The van der Waals surface area contributed by atoms with Gasteiger partial charge in [-0.05, 0) is 65.2 Å². The van der Waals surface area contributed by atoms with Crippen LogP contribution in [-0.2, 0) is 6.61 Å². The number of nitriles is 1. The number of rotatable bonds is 3. The summed E-state index contributed by atoms with van der Waals surface area (Å²) in [4.78, 5) is 4.26. The number of aryl methyl sites for hydroxylation is 2. The van der Waals surface area contributed by atoms with Crippen molar-refractivity contribution in [2.45, 2.75) is 20.5 Å². The Morgan fingerprint density at radius 2 is 1.95 bits per heavy atom. The molecule has 1 heterocycles. The van der Waals surface area contributed by atoms with Gasteiger partial charge >= 0.3 is 0 Å². The van der Waals surface area contributed by atoms with E-state index in [1.807, 2.05) is 38.1 Å². The summed E-state index contributed by atoms with van der Waals surface area (Å²) >= 11 is 3.35. The Morgan fingerprint density at radius 3 is 2.47 bits per heavy atom. The highest BCUT2D eigenvalue weighted by Crippen LogP contribution is 2.25. The fourth-order valence-electron chi connectivity index (χ4n) is 1.88. The van der Waals surface area contributed by atoms with E-state index in [-0.39, 0.29) is 0 Å². The van der Waals surface area contributed by atoms with E-state index in [1.54, 1.807) is 6.20 Å². The molecule has 0 amide bonds. The average Bonchev–Trinajstić information content (AvgIpc) is 2.39. The minimum absolute atomic E-state index is 0.418. The van der Waals surface area contributed by atoms with Gasteiger partial charge in [0.25, 0.3) is 0 Å². The Balaban J connectivity index is 2.16. The number of aromatic nitrogens is 1. The molecule has 4 heteroatoms. The summed E-state index contributed by atoms with van der Waals surface area (Å²) in [5, 5.41) is 8.91. The number of ether oxygens (including phenoxy) is 1. The molecule has 0 radical (unpaired) electrons. The Kier molecular flexibility index (Phi) is 4.18. The van der Waals surface area contributed by atoms with Gasteiger partial charge < -0.3 is 4.74 Å². The zero-order chi connectivity index (χ0) is 13.8. The molecule has 3 nitrogen and oxygen atoms in total. The molecule has 2 rings (SSSR count). The lowest BCUT2D eigenvalue weighted by molar-refractivity contribution is 0.297. The Hall–Kier alpha value is -1.86. The van der Waals surface area contributed by atoms with Gasteiger partial charge in [0.05, 0.1) is 17.3 Å². The van der Waals surface area contributed by atoms with E-state index in [4.69, 9.17) is 10.00 Å². The van der Waals surface area contributed by atoms with E-state index < -0.39 is 0 Å². The first-order valence-electron chi connectivity index (χ1n) is 5.84. The third kappa shape index (κ3) is 3.33. The topological polar surface area (TPSA) is 45.9 Å². The third-order valence-electron chi connectivity index (χ3n) is 2.74. The van der Waals surface area contributed by atoms with Gasteiger partial charge in [-0.1, -0.05) is 0 Å². The highest BCUT2D eigenvalue weighted by atomic mass is 79.9. The molecule has 0 saturated heterocycles. The van der Waals surface area contributed by atoms with Crippen molar-refractivity contribution in [2.24, 2.45) is 0 Å². The van der Waals surface area contributed by atoms with Crippen molar-refractivity contribution in [2.75, 3.05) is 0 Å². The molecule has 2 aromatic rings. The predicted molar refractivity (Wildman–Crippen MR) is 76.9 cm³/mol. The predicted octanol–water partition coefficient (Wildman–Crippen LogP) is 3.91. The number of halogens is 1. The lowest BCUT2D eigenvalue weighted by Gasteiger charge is -2.12. The first-order chi connectivity index (χ1) is 9.10. The molecule has 1 aromatic carbocycles. The van der Waals surface area contributed by atoms with E-state index in [0.717, 1.165) is 27.0 Å². The molecule has 0 aliphatic carbocycles. The number of nitrogens with zero attached hydrogens (tertiary/aromatic N) is 2. The molecule has 0 N–H and O–H groups in total. The van der Waals surface area contributed by atoms with E-state index in [9.17, 15) is 0 Å². The molecule has 19 heavy (non-hydrogen) atoms. The molecule has 0 bridgehead atoms. The van der Waals surface area contributed by atoms with Crippen LogP contribution < -0.4 is 4.74 Å². The monoisotopic (exact) mass is 316 g/mol. The molecule has 0 fully saturated rings. The van der Waals surface area contributed by atoms with Crippen LogP contribution in [0.5, 0.6) is 5.75 Å². The quantitative estimate of drug-likeness (QED) is 0.862. The van der Waals surface area contributed by atoms with Gasteiger partial charge in [0.2, 0.25) is 0 Å². The second-order valence-corrected chi connectivity index (χ2v) is 5.22. The fourth-order valence-corrected chi connectivity index (χ4v) is 2.11. The van der Waals surface area contributed by atoms with Gasteiger partial charge in [-0.3, -0.25) is 4.98 Å². The summed E-state index contributed by atoms with van der Waals surface area (Å²) in [5.41, 5.74) is 3.46. The summed E-state index contributed by atoms with van der Waals surface area (Å²) < 4.78 is 6.75. The summed E-state index contributed by atoms with van der Waals surface area (Å²) in [5.74, 6) is 0.823. The zero-order valence-electron chi connectivity index (χ0n) is 10.8. The van der Waals surface area contributed by atoms with Crippen LogP contribution in [0, 0.1) is 25.2 Å². The van der Waals surface area contributed by atoms with Gasteiger partial charge in [0.15, 0.2) is 0 Å². The van der Waals surface area contributed by atoms with E-state index in [1.165, 1.54) is 0 Å². The molecule has 1 aromatic heterocycles. The van der Waals surface area contributed by atoms with E-state index >= 15 is 0 Å². The lowest BCUT2D eigenvalue weighted by atomic mass is 10.1. The van der Waals surface area contributed by atoms with Gasteiger partial charge in [-0.15, -0.1) is 0 Å². The summed E-state index contributed by atoms with van der Waals surface area (Å²) in [6.45, 7) is 4.30. The Bertz CT molecular complexity index is 607. The molecule has 0 unspecified atom stereocenters. The molecular weight excluding hydrogens is 304 g/mol. The molecular formula is C15H13BrN2O. The molecule has 0 saturated carbocycles. The minimum atomic E-state index is 0.418. The van der Waals surface area contributed by atoms with Crippen molar-refractivity contribution in [3.8, 4) is 11.8 Å². The van der Waals surface area contributed by atoms with Crippen LogP contribution in [0.2, 0.25) is 0 Å². The highest BCUT2D eigenvalue weighted by molar-refractivity contribution is 9.10. The molecule has 0 aliphatic rings. The summed E-state index contributed by atoms with van der Waals surface area (Å²) in [6, 6.07) is 9.65. The van der Waals surface area contributed by atoms with Gasteiger partial charge in [-0.2, -0.15) is 5.26 Å². The van der Waals surface area contributed by atoms with Crippen molar-refractivity contribution in [3.05, 3.63) is 57.3 Å². The van der Waals surface area contributed by atoms with E-state index in [0.29, 0.717) is 12.2 Å². The van der Waals surface area contributed by atoms with Crippen LogP contribution in [0.3, 0.4) is 0 Å². The van der Waals surface area contributed by atoms with Crippen LogP contribution >= 0.6 is 15.9 Å². The van der Waals surface area contributed by atoms with Crippen LogP contribution in [0.25, 0.3) is 0 Å². The number of benzene rings is 1. The average molecular weight is 317 g/mol.